The van der Waals surface area contributed by atoms with Crippen LogP contribution in [0.4, 0.5) is 21.0 Å². The monoisotopic (exact) mass is 546 g/mol. The molecule has 1 amide bonds. The van der Waals surface area contributed by atoms with E-state index in [1.54, 1.807) is 23.5 Å². The van der Waals surface area contributed by atoms with Crippen LogP contribution in [0, 0.1) is 5.82 Å². The normalized spacial score (nSPS) is 16.4. The topological polar surface area (TPSA) is 47.3 Å². The minimum atomic E-state index is -0.244. The van der Waals surface area contributed by atoms with Gasteiger partial charge in [-0.25, -0.2) is 9.37 Å². The fourth-order valence-electron chi connectivity index (χ4n) is 5.71. The first-order valence-electron chi connectivity index (χ1n) is 13.8. The number of nitrogens with zero attached hydrogens (tertiary/aromatic N) is 6. The molecule has 0 spiro atoms. The highest BCUT2D eigenvalue weighted by molar-refractivity contribution is 7.14. The lowest BCUT2D eigenvalue weighted by atomic mass is 10.2. The molecule has 3 aromatic heterocycles. The second kappa shape index (κ2) is 11.0. The number of hydrogen-bond donors (Lipinski definition) is 0. The van der Waals surface area contributed by atoms with E-state index in [0.29, 0.717) is 6.54 Å². The maximum atomic E-state index is 13.4. The molecule has 0 atom stereocenters. The number of carbonyl (C=O) groups excluding carboxylic acids is 1. The predicted octanol–water partition coefficient (Wildman–Crippen LogP) is 5.28. The number of aromatic nitrogens is 2. The van der Waals surface area contributed by atoms with Gasteiger partial charge in [-0.05, 0) is 67.3 Å². The lowest BCUT2D eigenvalue weighted by Crippen LogP contribution is -2.49. The molecule has 4 aromatic rings. The van der Waals surface area contributed by atoms with Crippen molar-refractivity contribution in [3.63, 3.8) is 0 Å². The van der Waals surface area contributed by atoms with Crippen molar-refractivity contribution in [1.82, 2.24) is 19.2 Å². The summed E-state index contributed by atoms with van der Waals surface area (Å²) in [6, 6.07) is 13.1. The summed E-state index contributed by atoms with van der Waals surface area (Å²) in [5.74, 6) is 1.15. The Kier molecular flexibility index (Phi) is 7.27. The SMILES string of the molecule is CCc1cc2ccc(N3CCN(CC(=O)N4CCCC4)CC3)cn2c1N(C)c1nc(-c2ccc(F)cc2)cs1. The summed E-state index contributed by atoms with van der Waals surface area (Å²) in [6.45, 7) is 8.14. The van der Waals surface area contributed by atoms with Gasteiger partial charge >= 0.3 is 0 Å². The maximum absolute atomic E-state index is 13.4. The molecule has 7 nitrogen and oxygen atoms in total. The number of pyridine rings is 1. The van der Waals surface area contributed by atoms with Crippen molar-refractivity contribution in [2.24, 2.45) is 0 Å². The first kappa shape index (κ1) is 25.8. The number of fused-ring (bicyclic) bond motifs is 1. The molecular formula is C30H35FN6OS. The maximum Gasteiger partial charge on any atom is 0.236 e. The highest BCUT2D eigenvalue weighted by atomic mass is 32.1. The summed E-state index contributed by atoms with van der Waals surface area (Å²) in [6.07, 6.45) is 5.42. The van der Waals surface area contributed by atoms with E-state index < -0.39 is 0 Å². The van der Waals surface area contributed by atoms with Gasteiger partial charge in [-0.2, -0.15) is 0 Å². The largest absolute Gasteiger partial charge is 0.368 e. The van der Waals surface area contributed by atoms with Gasteiger partial charge in [-0.3, -0.25) is 9.69 Å². The standard InChI is InChI=1S/C30H35FN6OS/c1-3-22-18-25-10-11-26(35-16-14-34(15-17-35)20-28(38)36-12-4-5-13-36)19-37(25)29(22)33(2)30-32-27(21-39-30)23-6-8-24(31)9-7-23/h6-11,18-19,21H,3-5,12-17,20H2,1-2H3. The van der Waals surface area contributed by atoms with Crippen LogP contribution >= 0.6 is 11.3 Å². The molecule has 0 saturated carbocycles. The van der Waals surface area contributed by atoms with Gasteiger partial charge < -0.3 is 19.1 Å². The van der Waals surface area contributed by atoms with Crippen molar-refractivity contribution < 1.29 is 9.18 Å². The lowest BCUT2D eigenvalue weighted by Gasteiger charge is -2.36. The molecule has 0 radical (unpaired) electrons. The zero-order valence-electron chi connectivity index (χ0n) is 22.6. The molecule has 5 heterocycles. The number of anilines is 3. The lowest BCUT2D eigenvalue weighted by molar-refractivity contribution is -0.131. The van der Waals surface area contributed by atoms with E-state index >= 15 is 0 Å². The molecule has 2 saturated heterocycles. The van der Waals surface area contributed by atoms with Gasteiger partial charge in [0.1, 0.15) is 11.6 Å². The third-order valence-electron chi connectivity index (χ3n) is 7.97. The fraction of sp³-hybridized carbons (Fsp3) is 0.400. The zero-order valence-corrected chi connectivity index (χ0v) is 23.5. The van der Waals surface area contributed by atoms with Crippen LogP contribution in [0.2, 0.25) is 0 Å². The Hall–Kier alpha value is -3.43. The average Bonchev–Trinajstić information content (AvgIpc) is 3.73. The Bertz CT molecular complexity index is 1450. The number of carbonyl (C=O) groups is 1. The zero-order chi connectivity index (χ0) is 26.9. The van der Waals surface area contributed by atoms with Crippen LogP contribution in [0.5, 0.6) is 0 Å². The quantitative estimate of drug-likeness (QED) is 0.316. The molecule has 2 fully saturated rings. The van der Waals surface area contributed by atoms with Crippen molar-refractivity contribution in [3.8, 4) is 11.3 Å². The summed E-state index contributed by atoms with van der Waals surface area (Å²) < 4.78 is 15.7. The van der Waals surface area contributed by atoms with Crippen molar-refractivity contribution in [3.05, 3.63) is 65.4 Å². The molecule has 6 rings (SSSR count). The molecule has 9 heteroatoms. The number of hydrogen-bond acceptors (Lipinski definition) is 6. The minimum absolute atomic E-state index is 0.244. The Morgan fingerprint density at radius 1 is 1.03 bits per heavy atom. The van der Waals surface area contributed by atoms with Crippen LogP contribution in [0.15, 0.2) is 54.0 Å². The van der Waals surface area contributed by atoms with E-state index in [4.69, 9.17) is 4.98 Å². The summed E-state index contributed by atoms with van der Waals surface area (Å²) in [4.78, 5) is 26.4. The molecular weight excluding hydrogens is 511 g/mol. The highest BCUT2D eigenvalue weighted by Crippen LogP contribution is 2.35. The van der Waals surface area contributed by atoms with Crippen molar-refractivity contribution in [2.45, 2.75) is 26.2 Å². The molecule has 39 heavy (non-hydrogen) atoms. The third-order valence-corrected chi connectivity index (χ3v) is 8.89. The van der Waals surface area contributed by atoms with E-state index in [-0.39, 0.29) is 11.7 Å². The molecule has 0 aliphatic carbocycles. The number of benzene rings is 1. The average molecular weight is 547 g/mol. The van der Waals surface area contributed by atoms with E-state index in [2.05, 4.69) is 57.5 Å². The number of aryl methyl sites for hydroxylation is 1. The van der Waals surface area contributed by atoms with E-state index in [9.17, 15) is 9.18 Å². The summed E-state index contributed by atoms with van der Waals surface area (Å²) in [5, 5.41) is 2.92. The molecule has 0 bridgehead atoms. The Morgan fingerprint density at radius 3 is 2.49 bits per heavy atom. The summed E-state index contributed by atoms with van der Waals surface area (Å²) in [5.41, 5.74) is 5.36. The Balaban J connectivity index is 1.20. The van der Waals surface area contributed by atoms with Gasteiger partial charge in [-0.15, -0.1) is 11.3 Å². The highest BCUT2D eigenvalue weighted by Gasteiger charge is 2.24. The van der Waals surface area contributed by atoms with E-state index in [1.165, 1.54) is 23.4 Å². The number of halogens is 1. The van der Waals surface area contributed by atoms with Crippen LogP contribution in [0.1, 0.15) is 25.3 Å². The van der Waals surface area contributed by atoms with Crippen LogP contribution in [0.3, 0.4) is 0 Å². The predicted molar refractivity (Wildman–Crippen MR) is 157 cm³/mol. The van der Waals surface area contributed by atoms with Gasteiger partial charge in [0.25, 0.3) is 0 Å². The molecule has 204 valence electrons. The number of rotatable bonds is 7. The van der Waals surface area contributed by atoms with Crippen LogP contribution in [0.25, 0.3) is 16.8 Å². The van der Waals surface area contributed by atoms with Crippen LogP contribution < -0.4 is 9.80 Å². The van der Waals surface area contributed by atoms with Crippen molar-refractivity contribution >= 4 is 39.4 Å². The van der Waals surface area contributed by atoms with Gasteiger partial charge in [-0.1, -0.05) is 6.92 Å². The van der Waals surface area contributed by atoms with Crippen molar-refractivity contribution in [1.29, 1.82) is 0 Å². The number of amides is 1. The second-order valence-corrected chi connectivity index (χ2v) is 11.3. The van der Waals surface area contributed by atoms with Crippen LogP contribution in [-0.2, 0) is 11.2 Å². The van der Waals surface area contributed by atoms with Gasteiger partial charge in [0.2, 0.25) is 5.91 Å². The first-order chi connectivity index (χ1) is 19.0. The third kappa shape index (κ3) is 5.25. The summed E-state index contributed by atoms with van der Waals surface area (Å²) >= 11 is 1.59. The molecule has 2 aliphatic heterocycles. The van der Waals surface area contributed by atoms with Crippen LogP contribution in [-0.4, -0.2) is 78.0 Å². The van der Waals surface area contributed by atoms with Gasteiger partial charge in [0.05, 0.1) is 17.9 Å². The number of piperazine rings is 1. The molecule has 2 aliphatic rings. The van der Waals surface area contributed by atoms with E-state index in [0.717, 1.165) is 86.3 Å². The van der Waals surface area contributed by atoms with E-state index in [1.807, 2.05) is 10.3 Å². The van der Waals surface area contributed by atoms with Gasteiger partial charge in [0.15, 0.2) is 5.13 Å². The Morgan fingerprint density at radius 2 is 1.77 bits per heavy atom. The van der Waals surface area contributed by atoms with Gasteiger partial charge in [0, 0.05) is 69.0 Å². The number of likely N-dealkylation sites (tertiary alicyclic amines) is 1. The smallest absolute Gasteiger partial charge is 0.236 e. The van der Waals surface area contributed by atoms with Crippen molar-refractivity contribution in [2.75, 3.05) is 62.7 Å². The fourth-order valence-corrected chi connectivity index (χ4v) is 6.51. The number of thiazole rings is 1. The molecule has 1 aromatic carbocycles. The summed E-state index contributed by atoms with van der Waals surface area (Å²) in [7, 11) is 2.07. The Labute approximate surface area is 233 Å². The minimum Gasteiger partial charge on any atom is -0.368 e. The molecule has 0 unspecified atom stereocenters. The second-order valence-electron chi connectivity index (χ2n) is 10.5. The molecule has 0 N–H and O–H groups in total. The first-order valence-corrected chi connectivity index (χ1v) is 14.7.